The molecule has 1 N–H and O–H groups in total. The molecular weight excluding hydrogens is 198 g/mol. The van der Waals surface area contributed by atoms with E-state index >= 15 is 0 Å². The molecule has 0 atom stereocenters. The van der Waals surface area contributed by atoms with Crippen LogP contribution in [-0.2, 0) is 0 Å². The number of aromatic amines is 1. The van der Waals surface area contributed by atoms with Crippen LogP contribution in [0.3, 0.4) is 0 Å². The average molecular weight is 205 g/mol. The normalized spacial score (nSPS) is 11.4. The summed E-state index contributed by atoms with van der Waals surface area (Å²) in [6.07, 6.45) is 1.90. The Morgan fingerprint density at radius 1 is 1.46 bits per heavy atom. The van der Waals surface area contributed by atoms with Crippen molar-refractivity contribution in [2.75, 3.05) is 0 Å². The van der Waals surface area contributed by atoms with Crippen LogP contribution in [0.25, 0.3) is 26.5 Å². The molecule has 0 aromatic carbocycles. The fourth-order valence-electron chi connectivity index (χ4n) is 1.51. The number of fused-ring (bicyclic) bond motifs is 3. The minimum atomic E-state index is 1.23. The molecule has 0 bridgehead atoms. The molecular formula is C10H7NS2. The number of nitrogens with one attached hydrogen (secondary N) is 1. The number of thiophene rings is 2. The first kappa shape index (κ1) is 7.35. The third-order valence-corrected chi connectivity index (χ3v) is 4.10. The van der Waals surface area contributed by atoms with Crippen LogP contribution >= 0.6 is 22.7 Å². The van der Waals surface area contributed by atoms with Gasteiger partial charge in [-0.1, -0.05) is 12.7 Å². The summed E-state index contributed by atoms with van der Waals surface area (Å²) >= 11 is 3.55. The van der Waals surface area contributed by atoms with E-state index in [4.69, 9.17) is 0 Å². The van der Waals surface area contributed by atoms with E-state index in [1.165, 1.54) is 25.3 Å². The molecule has 64 valence electrons. The van der Waals surface area contributed by atoms with E-state index in [9.17, 15) is 0 Å². The molecule has 0 radical (unpaired) electrons. The Morgan fingerprint density at radius 2 is 2.38 bits per heavy atom. The van der Waals surface area contributed by atoms with E-state index in [0.717, 1.165) is 0 Å². The zero-order valence-electron chi connectivity index (χ0n) is 6.83. The largest absolute Gasteiger partial charge is 0.345 e. The molecule has 3 heteroatoms. The van der Waals surface area contributed by atoms with Crippen LogP contribution in [0.2, 0.25) is 0 Å². The molecule has 0 saturated heterocycles. The van der Waals surface area contributed by atoms with Gasteiger partial charge < -0.3 is 4.98 Å². The third-order valence-electron chi connectivity index (χ3n) is 2.11. The summed E-state index contributed by atoms with van der Waals surface area (Å²) in [4.78, 5) is 5.90. The lowest BCUT2D eigenvalue weighted by Crippen LogP contribution is -1.57. The molecule has 0 spiro atoms. The number of aromatic nitrogens is 1. The van der Waals surface area contributed by atoms with Gasteiger partial charge in [0.1, 0.15) is 4.83 Å². The van der Waals surface area contributed by atoms with Crippen molar-refractivity contribution in [1.29, 1.82) is 0 Å². The second-order valence-corrected chi connectivity index (χ2v) is 4.88. The Balaban J connectivity index is 2.52. The quantitative estimate of drug-likeness (QED) is 0.616. The SMILES string of the molecule is C=Cc1cc2[nH]c3sccc3c2s1. The molecule has 3 rings (SSSR count). The predicted octanol–water partition coefficient (Wildman–Crippen LogP) is 4.09. The Bertz CT molecular complexity index is 582. The summed E-state index contributed by atoms with van der Waals surface area (Å²) in [5, 5.41) is 3.46. The molecule has 0 aliphatic heterocycles. The molecule has 3 aromatic rings. The van der Waals surface area contributed by atoms with Crippen molar-refractivity contribution in [2.45, 2.75) is 0 Å². The van der Waals surface area contributed by atoms with Gasteiger partial charge >= 0.3 is 0 Å². The van der Waals surface area contributed by atoms with Crippen molar-refractivity contribution < 1.29 is 0 Å². The Labute approximate surface area is 83.3 Å². The summed E-state index contributed by atoms with van der Waals surface area (Å²) in [5.74, 6) is 0. The molecule has 0 fully saturated rings. The van der Waals surface area contributed by atoms with Crippen molar-refractivity contribution in [1.82, 2.24) is 4.98 Å². The van der Waals surface area contributed by atoms with Gasteiger partial charge in [0.05, 0.1) is 10.2 Å². The van der Waals surface area contributed by atoms with E-state index in [1.807, 2.05) is 6.08 Å². The highest BCUT2D eigenvalue weighted by Crippen LogP contribution is 2.35. The van der Waals surface area contributed by atoms with Gasteiger partial charge in [0.2, 0.25) is 0 Å². The first-order valence-corrected chi connectivity index (χ1v) is 5.69. The van der Waals surface area contributed by atoms with Gasteiger partial charge in [0.15, 0.2) is 0 Å². The van der Waals surface area contributed by atoms with E-state index in [0.29, 0.717) is 0 Å². The summed E-state index contributed by atoms with van der Waals surface area (Å²) in [5.41, 5.74) is 1.24. The zero-order valence-corrected chi connectivity index (χ0v) is 8.47. The van der Waals surface area contributed by atoms with Crippen molar-refractivity contribution in [3.05, 3.63) is 29.0 Å². The van der Waals surface area contributed by atoms with Crippen molar-refractivity contribution in [3.8, 4) is 0 Å². The topological polar surface area (TPSA) is 15.8 Å². The zero-order chi connectivity index (χ0) is 8.84. The van der Waals surface area contributed by atoms with Gasteiger partial charge in [-0.2, -0.15) is 0 Å². The summed E-state index contributed by atoms with van der Waals surface area (Å²) < 4.78 is 1.35. The molecule has 1 nitrogen and oxygen atoms in total. The summed E-state index contributed by atoms with van der Waals surface area (Å²) in [6, 6.07) is 4.32. The van der Waals surface area contributed by atoms with Gasteiger partial charge in [-0.05, 0) is 17.5 Å². The predicted molar refractivity (Wildman–Crippen MR) is 61.6 cm³/mol. The van der Waals surface area contributed by atoms with Crippen molar-refractivity contribution in [3.63, 3.8) is 0 Å². The maximum absolute atomic E-state index is 3.77. The highest BCUT2D eigenvalue weighted by Gasteiger charge is 2.07. The molecule has 0 amide bonds. The molecule has 0 saturated carbocycles. The van der Waals surface area contributed by atoms with Crippen LogP contribution in [0, 0.1) is 0 Å². The van der Waals surface area contributed by atoms with Crippen molar-refractivity contribution >= 4 is 49.2 Å². The smallest absolute Gasteiger partial charge is 0.102 e. The lowest BCUT2D eigenvalue weighted by Gasteiger charge is -1.78. The monoisotopic (exact) mass is 205 g/mol. The van der Waals surface area contributed by atoms with Crippen LogP contribution in [0.15, 0.2) is 24.1 Å². The first-order valence-electron chi connectivity index (χ1n) is 3.99. The highest BCUT2D eigenvalue weighted by atomic mass is 32.1. The Hall–Kier alpha value is -1.06. The molecule has 0 aliphatic rings. The lowest BCUT2D eigenvalue weighted by atomic mass is 10.4. The third kappa shape index (κ3) is 0.913. The summed E-state index contributed by atoms with van der Waals surface area (Å²) in [6.45, 7) is 3.77. The van der Waals surface area contributed by atoms with E-state index in [2.05, 4.69) is 29.1 Å². The Morgan fingerprint density at radius 3 is 3.23 bits per heavy atom. The second-order valence-electron chi connectivity index (χ2n) is 2.88. The van der Waals surface area contributed by atoms with Crippen molar-refractivity contribution in [2.24, 2.45) is 0 Å². The fourth-order valence-corrected chi connectivity index (χ4v) is 3.38. The van der Waals surface area contributed by atoms with Gasteiger partial charge in [0.25, 0.3) is 0 Å². The number of hydrogen-bond acceptors (Lipinski definition) is 2. The minimum absolute atomic E-state index is 1.23. The molecule has 3 heterocycles. The van der Waals surface area contributed by atoms with Crippen LogP contribution in [0.4, 0.5) is 0 Å². The maximum atomic E-state index is 3.77. The van der Waals surface area contributed by atoms with E-state index in [-0.39, 0.29) is 0 Å². The Kier molecular flexibility index (Phi) is 1.39. The van der Waals surface area contributed by atoms with Crippen LogP contribution in [0.1, 0.15) is 4.88 Å². The van der Waals surface area contributed by atoms with Crippen LogP contribution < -0.4 is 0 Å². The van der Waals surface area contributed by atoms with Gasteiger partial charge in [-0.25, -0.2) is 0 Å². The molecule has 3 aromatic heterocycles. The van der Waals surface area contributed by atoms with Gasteiger partial charge in [-0.3, -0.25) is 0 Å². The maximum Gasteiger partial charge on any atom is 0.102 e. The van der Waals surface area contributed by atoms with E-state index in [1.54, 1.807) is 22.7 Å². The van der Waals surface area contributed by atoms with Crippen LogP contribution in [0.5, 0.6) is 0 Å². The lowest BCUT2D eigenvalue weighted by molar-refractivity contribution is 1.60. The van der Waals surface area contributed by atoms with Gasteiger partial charge in [0, 0.05) is 10.3 Å². The highest BCUT2D eigenvalue weighted by molar-refractivity contribution is 7.22. The number of hydrogen-bond donors (Lipinski definition) is 1. The number of H-pyrrole nitrogens is 1. The second kappa shape index (κ2) is 2.47. The number of rotatable bonds is 1. The first-order chi connectivity index (χ1) is 6.38. The van der Waals surface area contributed by atoms with Crippen LogP contribution in [-0.4, -0.2) is 4.98 Å². The van der Waals surface area contributed by atoms with E-state index < -0.39 is 0 Å². The minimum Gasteiger partial charge on any atom is -0.345 e. The molecule has 0 aliphatic carbocycles. The molecule has 13 heavy (non-hydrogen) atoms. The van der Waals surface area contributed by atoms with Gasteiger partial charge in [-0.15, -0.1) is 22.7 Å². The average Bonchev–Trinajstić information content (AvgIpc) is 2.72. The molecule has 0 unspecified atom stereocenters. The summed E-state index contributed by atoms with van der Waals surface area (Å²) in [7, 11) is 0. The fraction of sp³-hybridized carbons (Fsp3) is 0. The standard InChI is InChI=1S/C10H7NS2/c1-2-6-5-8-9(13-6)7-3-4-12-10(7)11-8/h2-5,11H,1H2.